The van der Waals surface area contributed by atoms with E-state index < -0.39 is 10.8 Å². The Bertz CT molecular complexity index is 1450. The molecule has 1 aromatic heterocycles. The molecule has 8 nitrogen and oxygen atoms in total. The van der Waals surface area contributed by atoms with E-state index in [1.54, 1.807) is 12.1 Å². The number of carbonyl (C=O) groups excluding carboxylic acids is 1. The molecule has 174 valence electrons. The number of benzene rings is 3. The first-order valence-electron chi connectivity index (χ1n) is 10.5. The molecule has 0 spiro atoms. The Morgan fingerprint density at radius 2 is 1.89 bits per heavy atom. The van der Waals surface area contributed by atoms with E-state index in [1.807, 2.05) is 54.6 Å². The number of pyridine rings is 1. The van der Waals surface area contributed by atoms with E-state index in [-0.39, 0.29) is 18.0 Å². The molecule has 3 aromatic carbocycles. The summed E-state index contributed by atoms with van der Waals surface area (Å²) in [5.41, 5.74) is 5.31. The molecule has 0 radical (unpaired) electrons. The predicted octanol–water partition coefficient (Wildman–Crippen LogP) is 5.90. The van der Waals surface area contributed by atoms with Crippen LogP contribution < -0.4 is 10.2 Å². The zero-order valence-electron chi connectivity index (χ0n) is 18.3. The van der Waals surface area contributed by atoms with Crippen molar-refractivity contribution in [2.24, 2.45) is 5.10 Å². The second-order valence-corrected chi connectivity index (χ2v) is 8.20. The Kier molecular flexibility index (Phi) is 7.27. The number of ether oxygens (including phenoxy) is 1. The summed E-state index contributed by atoms with van der Waals surface area (Å²) in [7, 11) is 0. The molecule has 0 unspecified atom stereocenters. The number of nitrogens with one attached hydrogen (secondary N) is 1. The molecular formula is C26H19BrN4O4. The number of hydrogen-bond acceptors (Lipinski definition) is 6. The molecule has 1 heterocycles. The smallest absolute Gasteiger partial charge is 0.312 e. The SMILES string of the molecule is C=CCOc1c(Br)cc(/C=N\NC(=O)c2cc(-c3ccccc3)nc3ccccc23)cc1[N+](=O)[O-]. The number of para-hydroxylation sites is 1. The number of aromatic nitrogens is 1. The number of carbonyl (C=O) groups is 1. The van der Waals surface area contributed by atoms with E-state index in [1.165, 1.54) is 18.4 Å². The highest BCUT2D eigenvalue weighted by atomic mass is 79.9. The predicted molar refractivity (Wildman–Crippen MR) is 139 cm³/mol. The lowest BCUT2D eigenvalue weighted by Crippen LogP contribution is -2.18. The third-order valence-electron chi connectivity index (χ3n) is 5.00. The van der Waals surface area contributed by atoms with Gasteiger partial charge >= 0.3 is 5.69 Å². The molecule has 0 aliphatic carbocycles. The van der Waals surface area contributed by atoms with Crippen molar-refractivity contribution in [3.05, 3.63) is 111 Å². The maximum absolute atomic E-state index is 13.0. The van der Waals surface area contributed by atoms with Crippen LogP contribution in [0.25, 0.3) is 22.2 Å². The van der Waals surface area contributed by atoms with Crippen molar-refractivity contribution in [2.75, 3.05) is 6.61 Å². The molecule has 1 amide bonds. The van der Waals surface area contributed by atoms with E-state index in [0.717, 1.165) is 5.56 Å². The zero-order valence-corrected chi connectivity index (χ0v) is 19.9. The van der Waals surface area contributed by atoms with Crippen LogP contribution in [-0.2, 0) is 0 Å². The maximum Gasteiger partial charge on any atom is 0.312 e. The molecule has 0 fully saturated rings. The average Bonchev–Trinajstić information content (AvgIpc) is 2.87. The Balaban J connectivity index is 1.62. The van der Waals surface area contributed by atoms with Gasteiger partial charge in [-0.25, -0.2) is 10.4 Å². The van der Waals surface area contributed by atoms with Crippen molar-refractivity contribution >= 4 is 44.6 Å². The first kappa shape index (κ1) is 23.8. The van der Waals surface area contributed by atoms with Gasteiger partial charge in [0.15, 0.2) is 0 Å². The average molecular weight is 531 g/mol. The highest BCUT2D eigenvalue weighted by Crippen LogP contribution is 2.36. The second kappa shape index (κ2) is 10.7. The van der Waals surface area contributed by atoms with Gasteiger partial charge in [0.1, 0.15) is 6.61 Å². The molecule has 35 heavy (non-hydrogen) atoms. The third kappa shape index (κ3) is 5.42. The van der Waals surface area contributed by atoms with Gasteiger partial charge in [0.2, 0.25) is 5.75 Å². The number of nitrogens with zero attached hydrogens (tertiary/aromatic N) is 3. The standard InChI is InChI=1S/C26H19BrN4O4/c1-2-12-35-25-21(27)13-17(14-24(25)31(33)34)16-28-30-26(32)20-15-23(18-8-4-3-5-9-18)29-22-11-7-6-10-19(20)22/h2-11,13-16H,1,12H2,(H,30,32)/b28-16-. The minimum atomic E-state index is -0.548. The van der Waals surface area contributed by atoms with Gasteiger partial charge in [-0.15, -0.1) is 0 Å². The number of nitro groups is 1. The first-order valence-corrected chi connectivity index (χ1v) is 11.3. The second-order valence-electron chi connectivity index (χ2n) is 7.35. The van der Waals surface area contributed by atoms with Crippen molar-refractivity contribution in [3.63, 3.8) is 0 Å². The van der Waals surface area contributed by atoms with Gasteiger partial charge in [-0.3, -0.25) is 14.9 Å². The number of rotatable bonds is 8. The van der Waals surface area contributed by atoms with Crippen LogP contribution in [0.3, 0.4) is 0 Å². The summed E-state index contributed by atoms with van der Waals surface area (Å²) in [5, 5.41) is 16.2. The molecule has 4 rings (SSSR count). The van der Waals surface area contributed by atoms with Crippen molar-refractivity contribution in [1.82, 2.24) is 10.4 Å². The summed E-state index contributed by atoms with van der Waals surface area (Å²) >= 11 is 3.29. The van der Waals surface area contributed by atoms with Gasteiger partial charge in [-0.05, 0) is 34.1 Å². The minimum Gasteiger partial charge on any atom is -0.482 e. The highest BCUT2D eigenvalue weighted by molar-refractivity contribution is 9.10. The molecule has 0 bridgehead atoms. The van der Waals surface area contributed by atoms with Gasteiger partial charge in [0.25, 0.3) is 5.91 Å². The van der Waals surface area contributed by atoms with Gasteiger partial charge < -0.3 is 4.74 Å². The molecular weight excluding hydrogens is 512 g/mol. The molecule has 9 heteroatoms. The van der Waals surface area contributed by atoms with E-state index in [4.69, 9.17) is 4.74 Å². The summed E-state index contributed by atoms with van der Waals surface area (Å²) in [4.78, 5) is 28.7. The monoisotopic (exact) mass is 530 g/mol. The van der Waals surface area contributed by atoms with Crippen LogP contribution in [0.5, 0.6) is 5.75 Å². The van der Waals surface area contributed by atoms with Gasteiger partial charge in [0, 0.05) is 22.6 Å². The maximum atomic E-state index is 13.0. The normalized spacial score (nSPS) is 10.9. The van der Waals surface area contributed by atoms with E-state index in [0.29, 0.717) is 32.2 Å². The number of amides is 1. The van der Waals surface area contributed by atoms with Crippen LogP contribution in [0.2, 0.25) is 0 Å². The van der Waals surface area contributed by atoms with Crippen molar-refractivity contribution in [1.29, 1.82) is 0 Å². The van der Waals surface area contributed by atoms with Crippen molar-refractivity contribution in [3.8, 4) is 17.0 Å². The van der Waals surface area contributed by atoms with Crippen LogP contribution in [-0.4, -0.2) is 28.6 Å². The summed E-state index contributed by atoms with van der Waals surface area (Å²) in [5.74, 6) is -0.343. The Morgan fingerprint density at radius 3 is 2.63 bits per heavy atom. The van der Waals surface area contributed by atoms with Gasteiger partial charge in [-0.1, -0.05) is 61.2 Å². The van der Waals surface area contributed by atoms with E-state index in [9.17, 15) is 14.9 Å². The fraction of sp³-hybridized carbons (Fsp3) is 0.0385. The Labute approximate surface area is 209 Å². The number of halogens is 1. The summed E-state index contributed by atoms with van der Waals surface area (Å²) in [6.07, 6.45) is 2.82. The topological polar surface area (TPSA) is 107 Å². The van der Waals surface area contributed by atoms with Crippen LogP contribution in [0.15, 0.2) is 95.0 Å². The van der Waals surface area contributed by atoms with Crippen LogP contribution in [0.4, 0.5) is 5.69 Å². The minimum absolute atomic E-state index is 0.0905. The molecule has 0 saturated heterocycles. The Morgan fingerprint density at radius 1 is 1.14 bits per heavy atom. The fourth-order valence-electron chi connectivity index (χ4n) is 3.44. The third-order valence-corrected chi connectivity index (χ3v) is 5.59. The molecule has 4 aromatic rings. The molecule has 1 N–H and O–H groups in total. The quantitative estimate of drug-likeness (QED) is 0.132. The van der Waals surface area contributed by atoms with Crippen LogP contribution >= 0.6 is 15.9 Å². The van der Waals surface area contributed by atoms with Crippen molar-refractivity contribution in [2.45, 2.75) is 0 Å². The zero-order chi connectivity index (χ0) is 24.8. The number of fused-ring (bicyclic) bond motifs is 1. The van der Waals surface area contributed by atoms with Crippen LogP contribution in [0, 0.1) is 10.1 Å². The number of nitro benzene ring substituents is 1. The van der Waals surface area contributed by atoms with Crippen LogP contribution in [0.1, 0.15) is 15.9 Å². The van der Waals surface area contributed by atoms with Crippen molar-refractivity contribution < 1.29 is 14.5 Å². The van der Waals surface area contributed by atoms with E-state index >= 15 is 0 Å². The number of hydrazone groups is 1. The van der Waals surface area contributed by atoms with Gasteiger partial charge in [0.05, 0.1) is 32.4 Å². The van der Waals surface area contributed by atoms with E-state index in [2.05, 4.69) is 38.0 Å². The fourth-order valence-corrected chi connectivity index (χ4v) is 4.02. The highest BCUT2D eigenvalue weighted by Gasteiger charge is 2.20. The van der Waals surface area contributed by atoms with Gasteiger partial charge in [-0.2, -0.15) is 5.10 Å². The lowest BCUT2D eigenvalue weighted by molar-refractivity contribution is -0.385. The molecule has 0 aliphatic heterocycles. The lowest BCUT2D eigenvalue weighted by Gasteiger charge is -2.09. The number of hydrogen-bond donors (Lipinski definition) is 1. The molecule has 0 atom stereocenters. The molecule has 0 saturated carbocycles. The summed E-state index contributed by atoms with van der Waals surface area (Å²) in [6, 6.07) is 21.5. The lowest BCUT2D eigenvalue weighted by atomic mass is 10.0. The largest absolute Gasteiger partial charge is 0.482 e. The Hall–Kier alpha value is -4.37. The summed E-state index contributed by atoms with van der Waals surface area (Å²) < 4.78 is 5.78. The summed E-state index contributed by atoms with van der Waals surface area (Å²) in [6.45, 7) is 3.66. The first-order chi connectivity index (χ1) is 17.0. The molecule has 0 aliphatic rings.